The highest BCUT2D eigenvalue weighted by Crippen LogP contribution is 2.18. The summed E-state index contributed by atoms with van der Waals surface area (Å²) in [7, 11) is 0. The number of hydrogen-bond acceptors (Lipinski definition) is 1. The molecule has 0 aromatic rings. The van der Waals surface area contributed by atoms with E-state index in [0.717, 1.165) is 13.0 Å². The summed E-state index contributed by atoms with van der Waals surface area (Å²) in [6.07, 6.45) is 11.3. The first-order valence-electron chi connectivity index (χ1n) is 5.34. The highest BCUT2D eigenvalue weighted by atomic mass is 16.6. The lowest BCUT2D eigenvalue weighted by atomic mass is 10.1. The van der Waals surface area contributed by atoms with Crippen LogP contribution in [-0.4, -0.2) is 12.7 Å². The zero-order valence-electron chi connectivity index (χ0n) is 8.06. The molecule has 1 atom stereocenters. The number of unbranched alkanes of at least 4 members (excludes halogenated alkanes) is 6. The molecular weight excluding hydrogens is 148 g/mol. The van der Waals surface area contributed by atoms with Gasteiger partial charge in [0.2, 0.25) is 0 Å². The minimum atomic E-state index is 0.643. The average molecular weight is 169 g/mol. The third kappa shape index (κ3) is 5.59. The number of rotatable bonds is 8. The molecule has 1 heterocycles. The maximum atomic E-state index is 5.15. The molecule has 0 aliphatic carbocycles. The summed E-state index contributed by atoms with van der Waals surface area (Å²) in [6.45, 7) is 4.86. The van der Waals surface area contributed by atoms with Gasteiger partial charge < -0.3 is 4.74 Å². The van der Waals surface area contributed by atoms with Crippen molar-refractivity contribution in [1.29, 1.82) is 0 Å². The van der Waals surface area contributed by atoms with Gasteiger partial charge in [-0.1, -0.05) is 51.9 Å². The number of ether oxygens (including phenoxy) is 1. The van der Waals surface area contributed by atoms with Crippen LogP contribution in [0, 0.1) is 6.92 Å². The fraction of sp³-hybridized carbons (Fsp3) is 0.909. The highest BCUT2D eigenvalue weighted by Gasteiger charge is 2.20. The average Bonchev–Trinajstić information content (AvgIpc) is 2.87. The molecule has 71 valence electrons. The fourth-order valence-electron chi connectivity index (χ4n) is 1.49. The quantitative estimate of drug-likeness (QED) is 0.401. The third-order valence-electron chi connectivity index (χ3n) is 2.43. The van der Waals surface area contributed by atoms with Gasteiger partial charge in [0.25, 0.3) is 0 Å². The molecule has 0 saturated carbocycles. The van der Waals surface area contributed by atoms with E-state index in [2.05, 4.69) is 6.92 Å². The molecule has 0 spiro atoms. The van der Waals surface area contributed by atoms with Gasteiger partial charge in [-0.05, 0) is 6.42 Å². The molecule has 1 aliphatic heterocycles. The smallest absolute Gasteiger partial charge is 0.0810 e. The topological polar surface area (TPSA) is 12.5 Å². The summed E-state index contributed by atoms with van der Waals surface area (Å²) in [5.41, 5.74) is 0. The van der Waals surface area contributed by atoms with Gasteiger partial charge in [0.15, 0.2) is 0 Å². The van der Waals surface area contributed by atoms with Gasteiger partial charge in [-0.3, -0.25) is 0 Å². The molecule has 1 nitrogen and oxygen atoms in total. The summed E-state index contributed by atoms with van der Waals surface area (Å²) in [4.78, 5) is 0. The Morgan fingerprint density at radius 1 is 1.00 bits per heavy atom. The maximum Gasteiger partial charge on any atom is 0.0810 e. The first kappa shape index (κ1) is 10.0. The zero-order valence-corrected chi connectivity index (χ0v) is 8.06. The third-order valence-corrected chi connectivity index (χ3v) is 2.43. The largest absolute Gasteiger partial charge is 0.373 e. The van der Waals surface area contributed by atoms with Crippen LogP contribution in [0.3, 0.4) is 0 Å². The van der Waals surface area contributed by atoms with E-state index in [1.54, 1.807) is 0 Å². The van der Waals surface area contributed by atoms with E-state index >= 15 is 0 Å². The van der Waals surface area contributed by atoms with E-state index in [0.29, 0.717) is 6.10 Å². The van der Waals surface area contributed by atoms with Crippen LogP contribution in [-0.2, 0) is 4.74 Å². The fourth-order valence-corrected chi connectivity index (χ4v) is 1.49. The van der Waals surface area contributed by atoms with Crippen molar-refractivity contribution in [3.63, 3.8) is 0 Å². The number of hydrogen-bond donors (Lipinski definition) is 0. The van der Waals surface area contributed by atoms with Gasteiger partial charge in [-0.2, -0.15) is 0 Å². The van der Waals surface area contributed by atoms with Crippen molar-refractivity contribution in [2.45, 2.75) is 57.5 Å². The molecule has 1 unspecified atom stereocenters. The first-order chi connectivity index (χ1) is 5.93. The number of epoxide rings is 1. The van der Waals surface area contributed by atoms with Gasteiger partial charge in [-0.15, -0.1) is 0 Å². The van der Waals surface area contributed by atoms with Crippen molar-refractivity contribution in [3.8, 4) is 0 Å². The first-order valence-corrected chi connectivity index (χ1v) is 5.34. The Bertz CT molecular complexity index is 97.2. The monoisotopic (exact) mass is 169 g/mol. The van der Waals surface area contributed by atoms with Crippen molar-refractivity contribution >= 4 is 0 Å². The van der Waals surface area contributed by atoms with Crippen molar-refractivity contribution in [3.05, 3.63) is 6.92 Å². The molecule has 0 aromatic heterocycles. The van der Waals surface area contributed by atoms with E-state index in [1.807, 2.05) is 0 Å². The lowest BCUT2D eigenvalue weighted by Crippen LogP contribution is -1.85. The zero-order chi connectivity index (χ0) is 8.65. The Balaban J connectivity index is 1.65. The van der Waals surface area contributed by atoms with Crippen LogP contribution in [0.15, 0.2) is 0 Å². The molecule has 12 heavy (non-hydrogen) atoms. The molecule has 0 amide bonds. The Labute approximate surface area is 76.5 Å². The Kier molecular flexibility index (Phi) is 5.42. The molecule has 1 fully saturated rings. The minimum Gasteiger partial charge on any atom is -0.373 e. The molecule has 1 aliphatic rings. The lowest BCUT2D eigenvalue weighted by molar-refractivity contribution is 0.387. The highest BCUT2D eigenvalue weighted by molar-refractivity contribution is 4.68. The van der Waals surface area contributed by atoms with Gasteiger partial charge in [0, 0.05) is 0 Å². The molecule has 0 N–H and O–H groups in total. The standard InChI is InChI=1S/C11H21O/c1-2-3-4-5-6-7-8-9-11-10-12-11/h11H,1-10H2. The Morgan fingerprint density at radius 2 is 1.58 bits per heavy atom. The van der Waals surface area contributed by atoms with Crippen molar-refractivity contribution in [2.24, 2.45) is 0 Å². The second-order valence-electron chi connectivity index (χ2n) is 3.72. The van der Waals surface area contributed by atoms with E-state index < -0.39 is 0 Å². The molecular formula is C11H21O. The molecule has 1 rings (SSSR count). The van der Waals surface area contributed by atoms with Crippen LogP contribution >= 0.6 is 0 Å². The van der Waals surface area contributed by atoms with E-state index in [9.17, 15) is 0 Å². The van der Waals surface area contributed by atoms with Crippen LogP contribution in [0.1, 0.15) is 51.4 Å². The van der Waals surface area contributed by atoms with Crippen LogP contribution in [0.5, 0.6) is 0 Å². The van der Waals surface area contributed by atoms with Gasteiger partial charge in [0.05, 0.1) is 12.7 Å². The summed E-state index contributed by atoms with van der Waals surface area (Å²) < 4.78 is 5.15. The maximum absolute atomic E-state index is 5.15. The second kappa shape index (κ2) is 6.47. The van der Waals surface area contributed by atoms with Gasteiger partial charge in [0.1, 0.15) is 0 Å². The van der Waals surface area contributed by atoms with Crippen LogP contribution < -0.4 is 0 Å². The van der Waals surface area contributed by atoms with Gasteiger partial charge in [-0.25, -0.2) is 0 Å². The molecule has 1 radical (unpaired) electrons. The molecule has 0 aromatic carbocycles. The predicted octanol–water partition coefficient (Wildman–Crippen LogP) is 3.34. The van der Waals surface area contributed by atoms with Crippen LogP contribution in [0.4, 0.5) is 0 Å². The van der Waals surface area contributed by atoms with Crippen LogP contribution in [0.25, 0.3) is 0 Å². The lowest BCUT2D eigenvalue weighted by Gasteiger charge is -1.98. The van der Waals surface area contributed by atoms with E-state index in [-0.39, 0.29) is 0 Å². The minimum absolute atomic E-state index is 0.643. The Morgan fingerprint density at radius 3 is 2.17 bits per heavy atom. The molecule has 1 heteroatoms. The summed E-state index contributed by atoms with van der Waals surface area (Å²) in [6, 6.07) is 0. The van der Waals surface area contributed by atoms with E-state index in [4.69, 9.17) is 4.74 Å². The van der Waals surface area contributed by atoms with Gasteiger partial charge >= 0.3 is 0 Å². The molecule has 0 bridgehead atoms. The predicted molar refractivity (Wildman–Crippen MR) is 52.0 cm³/mol. The van der Waals surface area contributed by atoms with Crippen molar-refractivity contribution in [2.75, 3.05) is 6.61 Å². The second-order valence-corrected chi connectivity index (χ2v) is 3.72. The SMILES string of the molecule is [CH2]CCCCCCCCC1CO1. The van der Waals surface area contributed by atoms with Crippen molar-refractivity contribution < 1.29 is 4.74 Å². The normalized spacial score (nSPS) is 21.2. The van der Waals surface area contributed by atoms with Crippen molar-refractivity contribution in [1.82, 2.24) is 0 Å². The van der Waals surface area contributed by atoms with E-state index in [1.165, 1.54) is 44.9 Å². The summed E-state index contributed by atoms with van der Waals surface area (Å²) in [5, 5.41) is 0. The summed E-state index contributed by atoms with van der Waals surface area (Å²) in [5.74, 6) is 0. The Hall–Kier alpha value is -0.0400. The molecule has 1 saturated heterocycles. The summed E-state index contributed by atoms with van der Waals surface area (Å²) >= 11 is 0. The van der Waals surface area contributed by atoms with Crippen LogP contribution in [0.2, 0.25) is 0 Å².